The largest absolute Gasteiger partial charge is 0.481 e. The summed E-state index contributed by atoms with van der Waals surface area (Å²) in [4.78, 5) is 8.50. The van der Waals surface area contributed by atoms with Crippen molar-refractivity contribution in [3.8, 4) is 5.88 Å². The number of nitrogens with one attached hydrogen (secondary N) is 2. The van der Waals surface area contributed by atoms with Crippen LogP contribution in [0.1, 0.15) is 37.0 Å². The maximum atomic E-state index is 5.29. The summed E-state index contributed by atoms with van der Waals surface area (Å²) < 4.78 is 10.4. The number of pyridine rings is 1. The van der Waals surface area contributed by atoms with Crippen molar-refractivity contribution in [1.29, 1.82) is 0 Å². The van der Waals surface area contributed by atoms with Gasteiger partial charge in [0.1, 0.15) is 0 Å². The molecule has 21 heavy (non-hydrogen) atoms. The second-order valence-corrected chi connectivity index (χ2v) is 4.99. The van der Waals surface area contributed by atoms with Gasteiger partial charge in [-0.1, -0.05) is 11.6 Å². The Morgan fingerprint density at radius 3 is 3.24 bits per heavy atom. The minimum atomic E-state index is 0.220. The molecule has 2 N–H and O–H groups in total. The molecular weight excluding hydrogens is 270 g/mol. The lowest BCUT2D eigenvalue weighted by Gasteiger charge is -2.19. The molecule has 1 unspecified atom stereocenters. The standard InChI is InChI=1S/C14H19N5O2/c1-20-12-8-10(5-7-16-12)17-9-13-18-14(19-21-13)11-4-2-3-6-15-11/h5,7-8,11,15H,2-4,6,9H2,1H3,(H,16,17). The SMILES string of the molecule is COc1cc(NCc2nc(C3CCCCN3)no2)ccn1. The van der Waals surface area contributed by atoms with Gasteiger partial charge in [0.25, 0.3) is 0 Å². The van der Waals surface area contributed by atoms with Crippen molar-refractivity contribution in [1.82, 2.24) is 20.4 Å². The summed E-state index contributed by atoms with van der Waals surface area (Å²) in [6.45, 7) is 1.50. The number of hydrogen-bond donors (Lipinski definition) is 2. The Labute approximate surface area is 123 Å². The smallest absolute Gasteiger partial charge is 0.245 e. The van der Waals surface area contributed by atoms with Gasteiger partial charge < -0.3 is 19.9 Å². The number of anilines is 1. The van der Waals surface area contributed by atoms with E-state index in [2.05, 4.69) is 25.8 Å². The number of methoxy groups -OCH3 is 1. The molecule has 0 aromatic carbocycles. The Morgan fingerprint density at radius 1 is 1.48 bits per heavy atom. The van der Waals surface area contributed by atoms with Crippen molar-refractivity contribution in [3.05, 3.63) is 30.0 Å². The highest BCUT2D eigenvalue weighted by Crippen LogP contribution is 2.20. The summed E-state index contributed by atoms with van der Waals surface area (Å²) >= 11 is 0. The van der Waals surface area contributed by atoms with Gasteiger partial charge in [0.05, 0.1) is 19.7 Å². The van der Waals surface area contributed by atoms with E-state index in [9.17, 15) is 0 Å². The van der Waals surface area contributed by atoms with E-state index in [1.165, 1.54) is 12.8 Å². The fraction of sp³-hybridized carbons (Fsp3) is 0.500. The Hall–Kier alpha value is -2.15. The molecule has 0 amide bonds. The summed E-state index contributed by atoms with van der Waals surface area (Å²) in [5.41, 5.74) is 0.900. The molecule has 2 aromatic heterocycles. The fourth-order valence-electron chi connectivity index (χ4n) is 2.36. The van der Waals surface area contributed by atoms with Crippen molar-refractivity contribution >= 4 is 5.69 Å². The van der Waals surface area contributed by atoms with E-state index in [0.29, 0.717) is 18.3 Å². The Kier molecular flexibility index (Phi) is 4.30. The Morgan fingerprint density at radius 2 is 2.43 bits per heavy atom. The molecule has 112 valence electrons. The quantitative estimate of drug-likeness (QED) is 0.869. The molecule has 3 heterocycles. The average Bonchev–Trinajstić information content (AvgIpc) is 3.03. The van der Waals surface area contributed by atoms with Crippen LogP contribution in [0.3, 0.4) is 0 Å². The van der Waals surface area contributed by atoms with Gasteiger partial charge >= 0.3 is 0 Å². The van der Waals surface area contributed by atoms with Gasteiger partial charge in [0.2, 0.25) is 11.8 Å². The number of aromatic nitrogens is 3. The lowest BCUT2D eigenvalue weighted by molar-refractivity contribution is 0.351. The molecule has 0 radical (unpaired) electrons. The fourth-order valence-corrected chi connectivity index (χ4v) is 2.36. The summed E-state index contributed by atoms with van der Waals surface area (Å²) in [5, 5.41) is 10.7. The minimum absolute atomic E-state index is 0.220. The topological polar surface area (TPSA) is 85.1 Å². The summed E-state index contributed by atoms with van der Waals surface area (Å²) in [6.07, 6.45) is 5.17. The van der Waals surface area contributed by atoms with Gasteiger partial charge in [-0.25, -0.2) is 4.98 Å². The molecule has 1 atom stereocenters. The van der Waals surface area contributed by atoms with Crippen LogP contribution in [0.5, 0.6) is 5.88 Å². The van der Waals surface area contributed by atoms with E-state index in [1.807, 2.05) is 12.1 Å². The lowest BCUT2D eigenvalue weighted by atomic mass is 10.0. The average molecular weight is 289 g/mol. The summed E-state index contributed by atoms with van der Waals surface area (Å²) in [5.74, 6) is 1.89. The number of ether oxygens (including phenoxy) is 1. The zero-order valence-electron chi connectivity index (χ0n) is 12.0. The molecule has 7 heteroatoms. The van der Waals surface area contributed by atoms with Crippen LogP contribution in [-0.4, -0.2) is 28.8 Å². The first-order valence-electron chi connectivity index (χ1n) is 7.15. The molecule has 0 aliphatic carbocycles. The maximum absolute atomic E-state index is 5.29. The first-order valence-corrected chi connectivity index (χ1v) is 7.15. The first-order chi connectivity index (χ1) is 10.3. The molecule has 1 saturated heterocycles. The van der Waals surface area contributed by atoms with Gasteiger partial charge in [-0.05, 0) is 25.5 Å². The zero-order chi connectivity index (χ0) is 14.5. The van der Waals surface area contributed by atoms with E-state index >= 15 is 0 Å². The van der Waals surface area contributed by atoms with Crippen molar-refractivity contribution in [2.24, 2.45) is 0 Å². The van der Waals surface area contributed by atoms with Crippen molar-refractivity contribution in [2.45, 2.75) is 31.8 Å². The second kappa shape index (κ2) is 6.53. The molecule has 1 fully saturated rings. The van der Waals surface area contributed by atoms with Crippen LogP contribution < -0.4 is 15.4 Å². The predicted octanol–water partition coefficient (Wildman–Crippen LogP) is 1.90. The minimum Gasteiger partial charge on any atom is -0.481 e. The molecule has 0 spiro atoms. The first kappa shape index (κ1) is 13.8. The number of piperidine rings is 1. The molecular formula is C14H19N5O2. The van der Waals surface area contributed by atoms with Crippen molar-refractivity contribution in [3.63, 3.8) is 0 Å². The van der Waals surface area contributed by atoms with Crippen LogP contribution in [0, 0.1) is 0 Å². The number of rotatable bonds is 5. The number of nitrogens with zero attached hydrogens (tertiary/aromatic N) is 3. The van der Waals surface area contributed by atoms with E-state index in [1.54, 1.807) is 13.3 Å². The molecule has 7 nitrogen and oxygen atoms in total. The van der Waals surface area contributed by atoms with Crippen molar-refractivity contribution < 1.29 is 9.26 Å². The van der Waals surface area contributed by atoms with Crippen LogP contribution in [0.25, 0.3) is 0 Å². The summed E-state index contributed by atoms with van der Waals surface area (Å²) in [7, 11) is 1.59. The number of hydrogen-bond acceptors (Lipinski definition) is 7. The second-order valence-electron chi connectivity index (χ2n) is 4.99. The third-order valence-electron chi connectivity index (χ3n) is 3.49. The third kappa shape index (κ3) is 3.49. The van der Waals surface area contributed by atoms with Gasteiger partial charge in [0, 0.05) is 18.0 Å². The highest BCUT2D eigenvalue weighted by molar-refractivity contribution is 5.44. The zero-order valence-corrected chi connectivity index (χ0v) is 12.0. The van der Waals surface area contributed by atoms with Crippen LogP contribution >= 0.6 is 0 Å². The Bertz CT molecular complexity index is 580. The van der Waals surface area contributed by atoms with Gasteiger partial charge in [-0.15, -0.1) is 0 Å². The van der Waals surface area contributed by atoms with Crippen LogP contribution in [-0.2, 0) is 6.54 Å². The highest BCUT2D eigenvalue weighted by atomic mass is 16.5. The molecule has 1 aliphatic heterocycles. The maximum Gasteiger partial charge on any atom is 0.245 e. The van der Waals surface area contributed by atoms with E-state index < -0.39 is 0 Å². The van der Waals surface area contributed by atoms with Gasteiger partial charge in [0.15, 0.2) is 5.82 Å². The monoisotopic (exact) mass is 289 g/mol. The van der Waals surface area contributed by atoms with Crippen LogP contribution in [0.4, 0.5) is 5.69 Å². The summed E-state index contributed by atoms with van der Waals surface area (Å²) in [6, 6.07) is 3.90. The van der Waals surface area contributed by atoms with Crippen LogP contribution in [0.2, 0.25) is 0 Å². The predicted molar refractivity (Wildman–Crippen MR) is 77.0 cm³/mol. The van der Waals surface area contributed by atoms with Crippen LogP contribution in [0.15, 0.2) is 22.9 Å². The van der Waals surface area contributed by atoms with E-state index in [-0.39, 0.29) is 6.04 Å². The third-order valence-corrected chi connectivity index (χ3v) is 3.49. The van der Waals surface area contributed by atoms with E-state index in [0.717, 1.165) is 24.5 Å². The molecule has 3 rings (SSSR count). The molecule has 0 bridgehead atoms. The van der Waals surface area contributed by atoms with E-state index in [4.69, 9.17) is 9.26 Å². The normalized spacial score (nSPS) is 18.4. The lowest BCUT2D eigenvalue weighted by Crippen LogP contribution is -2.27. The molecule has 0 saturated carbocycles. The Balaban J connectivity index is 1.59. The van der Waals surface area contributed by atoms with Gasteiger partial charge in [-0.2, -0.15) is 4.98 Å². The molecule has 2 aromatic rings. The molecule has 1 aliphatic rings. The van der Waals surface area contributed by atoms with Gasteiger partial charge in [-0.3, -0.25) is 0 Å². The highest BCUT2D eigenvalue weighted by Gasteiger charge is 2.20. The van der Waals surface area contributed by atoms with Crippen molar-refractivity contribution in [2.75, 3.05) is 19.0 Å².